The molecule has 0 saturated heterocycles. The number of hydrogen-bond donors (Lipinski definition) is 3. The highest BCUT2D eigenvalue weighted by Crippen LogP contribution is 2.26. The highest BCUT2D eigenvalue weighted by Gasteiger charge is 2.16. The number of rotatable bonds is 9. The molecule has 4 aromatic rings. The van der Waals surface area contributed by atoms with E-state index in [9.17, 15) is 14.3 Å². The molecule has 8 nitrogen and oxygen atoms in total. The van der Waals surface area contributed by atoms with E-state index in [-0.39, 0.29) is 18.3 Å². The number of carbonyl (C=O) groups excluding carboxylic acids is 1. The van der Waals surface area contributed by atoms with Crippen molar-refractivity contribution in [2.75, 3.05) is 17.2 Å². The number of anilines is 3. The van der Waals surface area contributed by atoms with Crippen LogP contribution in [0.15, 0.2) is 79.5 Å². The lowest BCUT2D eigenvalue weighted by Crippen LogP contribution is -2.07. The molecule has 2 aromatic heterocycles. The summed E-state index contributed by atoms with van der Waals surface area (Å²) in [5.74, 6) is 1.15. The van der Waals surface area contributed by atoms with Gasteiger partial charge >= 0.3 is 0 Å². The molecule has 172 valence electrons. The number of nitrogens with zero attached hydrogens (tertiary/aromatic N) is 4. The highest BCUT2D eigenvalue weighted by molar-refractivity contribution is 5.99. The van der Waals surface area contributed by atoms with E-state index in [1.807, 2.05) is 28.8 Å². The van der Waals surface area contributed by atoms with Crippen molar-refractivity contribution in [2.45, 2.75) is 12.8 Å². The minimum Gasteiger partial charge on any atom is -0.396 e. The Morgan fingerprint density at radius 1 is 1.09 bits per heavy atom. The van der Waals surface area contributed by atoms with Gasteiger partial charge in [-0.3, -0.25) is 9.36 Å². The van der Waals surface area contributed by atoms with Gasteiger partial charge in [-0.05, 0) is 61.0 Å². The maximum atomic E-state index is 13.5. The van der Waals surface area contributed by atoms with E-state index in [4.69, 9.17) is 0 Å². The Labute approximate surface area is 195 Å². The third kappa shape index (κ3) is 5.33. The molecule has 0 unspecified atom stereocenters. The van der Waals surface area contributed by atoms with Gasteiger partial charge in [0.2, 0.25) is 5.91 Å². The Hall–Kier alpha value is -4.37. The molecule has 0 aliphatic rings. The second kappa shape index (κ2) is 10.5. The standard InChI is InChI=1S/C25H23FN6O2/c1-2-24(34)29-20-6-3-5-19(15-20)28-22-16-21(12-13-27-22)32-23(7-4-14-33)30-31-25(32)17-8-10-18(26)11-9-17/h2-3,5-6,8-13,15-16,33H,1,4,7,14H2,(H,27,28)(H,29,34). The lowest BCUT2D eigenvalue weighted by atomic mass is 10.2. The van der Waals surface area contributed by atoms with Crippen molar-refractivity contribution in [2.24, 2.45) is 0 Å². The summed E-state index contributed by atoms with van der Waals surface area (Å²) in [5.41, 5.74) is 2.82. The number of halogens is 1. The minimum absolute atomic E-state index is 0.0284. The number of pyridine rings is 1. The maximum absolute atomic E-state index is 13.5. The first-order chi connectivity index (χ1) is 16.6. The van der Waals surface area contributed by atoms with Crippen LogP contribution in [-0.2, 0) is 11.2 Å². The first kappa shape index (κ1) is 22.8. The zero-order valence-electron chi connectivity index (χ0n) is 18.3. The molecule has 34 heavy (non-hydrogen) atoms. The monoisotopic (exact) mass is 458 g/mol. The van der Waals surface area contributed by atoms with Crippen molar-refractivity contribution in [1.82, 2.24) is 19.7 Å². The van der Waals surface area contributed by atoms with Gasteiger partial charge in [0.1, 0.15) is 17.5 Å². The third-order valence-corrected chi connectivity index (χ3v) is 4.98. The van der Waals surface area contributed by atoms with E-state index < -0.39 is 0 Å². The molecular weight excluding hydrogens is 435 g/mol. The summed E-state index contributed by atoms with van der Waals surface area (Å²) in [7, 11) is 0. The number of aryl methyl sites for hydroxylation is 1. The molecule has 0 fully saturated rings. The Balaban J connectivity index is 1.68. The zero-order chi connectivity index (χ0) is 23.9. The molecule has 1 amide bonds. The number of aromatic nitrogens is 4. The van der Waals surface area contributed by atoms with Gasteiger partial charge in [-0.2, -0.15) is 0 Å². The number of hydrogen-bond acceptors (Lipinski definition) is 6. The van der Waals surface area contributed by atoms with Crippen LogP contribution in [0.3, 0.4) is 0 Å². The fourth-order valence-electron chi connectivity index (χ4n) is 3.42. The van der Waals surface area contributed by atoms with Crippen LogP contribution in [0.4, 0.5) is 21.6 Å². The number of aliphatic hydroxyl groups excluding tert-OH is 1. The molecule has 3 N–H and O–H groups in total. The number of carbonyl (C=O) groups is 1. The van der Waals surface area contributed by atoms with E-state index in [2.05, 4.69) is 32.4 Å². The summed E-state index contributed by atoms with van der Waals surface area (Å²) < 4.78 is 15.3. The van der Waals surface area contributed by atoms with Crippen LogP contribution in [0.2, 0.25) is 0 Å². The average Bonchev–Trinajstić information content (AvgIpc) is 3.27. The summed E-state index contributed by atoms with van der Waals surface area (Å²) in [6.07, 6.45) is 3.91. The third-order valence-electron chi connectivity index (χ3n) is 4.98. The molecule has 9 heteroatoms. The van der Waals surface area contributed by atoms with Crippen LogP contribution in [0, 0.1) is 5.82 Å². The summed E-state index contributed by atoms with van der Waals surface area (Å²) in [5, 5.41) is 23.9. The van der Waals surface area contributed by atoms with E-state index in [1.165, 1.54) is 18.2 Å². The Kier molecular flexibility index (Phi) is 7.04. The molecule has 4 rings (SSSR count). The van der Waals surface area contributed by atoms with Crippen molar-refractivity contribution >= 4 is 23.1 Å². The SMILES string of the molecule is C=CC(=O)Nc1cccc(Nc2cc(-n3c(CCCO)nnc3-c3ccc(F)cc3)ccn2)c1. The summed E-state index contributed by atoms with van der Waals surface area (Å²) in [6.45, 7) is 3.49. The zero-order valence-corrected chi connectivity index (χ0v) is 18.3. The molecular formula is C25H23FN6O2. The molecule has 0 spiro atoms. The predicted molar refractivity (Wildman–Crippen MR) is 129 cm³/mol. The second-order valence-electron chi connectivity index (χ2n) is 7.41. The topological polar surface area (TPSA) is 105 Å². The number of amides is 1. The lowest BCUT2D eigenvalue weighted by molar-refractivity contribution is -0.111. The number of nitrogens with one attached hydrogen (secondary N) is 2. The van der Waals surface area contributed by atoms with Gasteiger partial charge in [0.25, 0.3) is 0 Å². The molecule has 0 atom stereocenters. The van der Waals surface area contributed by atoms with Gasteiger partial charge in [0.15, 0.2) is 5.82 Å². The van der Waals surface area contributed by atoms with Crippen LogP contribution >= 0.6 is 0 Å². The average molecular weight is 458 g/mol. The van der Waals surface area contributed by atoms with Crippen molar-refractivity contribution in [3.05, 3.63) is 91.2 Å². The molecule has 0 saturated carbocycles. The van der Waals surface area contributed by atoms with Crippen molar-refractivity contribution in [3.63, 3.8) is 0 Å². The highest BCUT2D eigenvalue weighted by atomic mass is 19.1. The molecule has 0 aliphatic heterocycles. The summed E-state index contributed by atoms with van der Waals surface area (Å²) in [6, 6.07) is 16.9. The van der Waals surface area contributed by atoms with Gasteiger partial charge in [-0.1, -0.05) is 12.6 Å². The first-order valence-corrected chi connectivity index (χ1v) is 10.7. The Bertz CT molecular complexity index is 1300. The van der Waals surface area contributed by atoms with Gasteiger partial charge in [0.05, 0.1) is 5.69 Å². The molecule has 2 aromatic carbocycles. The minimum atomic E-state index is -0.336. The second-order valence-corrected chi connectivity index (χ2v) is 7.41. The van der Waals surface area contributed by atoms with E-state index >= 15 is 0 Å². The van der Waals surface area contributed by atoms with Gasteiger partial charge in [0, 0.05) is 42.2 Å². The van der Waals surface area contributed by atoms with Crippen molar-refractivity contribution < 1.29 is 14.3 Å². The number of aliphatic hydroxyl groups is 1. The smallest absolute Gasteiger partial charge is 0.247 e. The van der Waals surface area contributed by atoms with E-state index in [1.54, 1.807) is 30.5 Å². The lowest BCUT2D eigenvalue weighted by Gasteiger charge is -2.13. The van der Waals surface area contributed by atoms with Crippen LogP contribution < -0.4 is 10.6 Å². The maximum Gasteiger partial charge on any atom is 0.247 e. The quantitative estimate of drug-likeness (QED) is 0.324. The predicted octanol–water partition coefficient (Wildman–Crippen LogP) is 4.26. The number of benzene rings is 2. The molecule has 0 radical (unpaired) electrons. The largest absolute Gasteiger partial charge is 0.396 e. The van der Waals surface area contributed by atoms with Crippen LogP contribution in [0.1, 0.15) is 12.2 Å². The Morgan fingerprint density at radius 2 is 1.88 bits per heavy atom. The van der Waals surface area contributed by atoms with E-state index in [0.717, 1.165) is 11.4 Å². The van der Waals surface area contributed by atoms with Gasteiger partial charge in [-0.15, -0.1) is 10.2 Å². The van der Waals surface area contributed by atoms with Crippen LogP contribution in [0.25, 0.3) is 17.1 Å². The van der Waals surface area contributed by atoms with E-state index in [0.29, 0.717) is 41.6 Å². The fourth-order valence-corrected chi connectivity index (χ4v) is 3.42. The van der Waals surface area contributed by atoms with Crippen LogP contribution in [0.5, 0.6) is 0 Å². The fraction of sp³-hybridized carbons (Fsp3) is 0.120. The Morgan fingerprint density at radius 3 is 2.65 bits per heavy atom. The molecule has 2 heterocycles. The molecule has 0 aliphatic carbocycles. The first-order valence-electron chi connectivity index (χ1n) is 10.7. The molecule has 0 bridgehead atoms. The van der Waals surface area contributed by atoms with Gasteiger partial charge < -0.3 is 15.7 Å². The van der Waals surface area contributed by atoms with Crippen molar-refractivity contribution in [3.8, 4) is 17.1 Å². The van der Waals surface area contributed by atoms with Crippen LogP contribution in [-0.4, -0.2) is 37.4 Å². The normalized spacial score (nSPS) is 10.6. The summed E-state index contributed by atoms with van der Waals surface area (Å²) >= 11 is 0. The summed E-state index contributed by atoms with van der Waals surface area (Å²) in [4.78, 5) is 16.0. The van der Waals surface area contributed by atoms with Crippen molar-refractivity contribution in [1.29, 1.82) is 0 Å². The van der Waals surface area contributed by atoms with Gasteiger partial charge in [-0.25, -0.2) is 9.37 Å².